The Bertz CT molecular complexity index is 519. The Labute approximate surface area is 124 Å². The van der Waals surface area contributed by atoms with E-state index in [1.807, 2.05) is 0 Å². The average molecular weight is 343 g/mol. The molecule has 7 heteroatoms. The maximum atomic E-state index is 11.8. The molecule has 0 spiro atoms. The molecule has 20 heavy (non-hydrogen) atoms. The fraction of sp³-hybridized carbons (Fsp3) is 0.308. The third-order valence-electron chi connectivity index (χ3n) is 2.54. The Balaban J connectivity index is 2.49. The van der Waals surface area contributed by atoms with E-state index in [4.69, 9.17) is 5.11 Å². The van der Waals surface area contributed by atoms with E-state index in [0.29, 0.717) is 5.56 Å². The molecule has 1 aromatic rings. The van der Waals surface area contributed by atoms with E-state index in [1.54, 1.807) is 31.2 Å². The number of halogens is 1. The van der Waals surface area contributed by atoms with Crippen molar-refractivity contribution in [1.29, 1.82) is 0 Å². The van der Waals surface area contributed by atoms with E-state index in [1.165, 1.54) is 0 Å². The van der Waals surface area contributed by atoms with Gasteiger partial charge >= 0.3 is 5.97 Å². The van der Waals surface area contributed by atoms with E-state index >= 15 is 0 Å². The average Bonchev–Trinajstić information content (AvgIpc) is 2.41. The van der Waals surface area contributed by atoms with Crippen molar-refractivity contribution in [3.05, 3.63) is 34.3 Å². The van der Waals surface area contributed by atoms with Crippen LogP contribution >= 0.6 is 15.9 Å². The fourth-order valence-corrected chi connectivity index (χ4v) is 1.88. The molecule has 0 saturated heterocycles. The molecule has 108 valence electrons. The molecule has 0 saturated carbocycles. The van der Waals surface area contributed by atoms with Crippen molar-refractivity contribution in [2.24, 2.45) is 0 Å². The second-order valence-corrected chi connectivity index (χ2v) is 4.98. The third kappa shape index (κ3) is 5.00. The van der Waals surface area contributed by atoms with Crippen molar-refractivity contribution in [2.45, 2.75) is 19.4 Å². The fourth-order valence-electron chi connectivity index (χ4n) is 1.48. The van der Waals surface area contributed by atoms with E-state index < -0.39 is 23.8 Å². The van der Waals surface area contributed by atoms with Crippen LogP contribution in [0.2, 0.25) is 0 Å². The maximum Gasteiger partial charge on any atom is 0.326 e. The minimum absolute atomic E-state index is 0.269. The van der Waals surface area contributed by atoms with E-state index in [2.05, 4.69) is 26.6 Å². The number of amides is 2. The van der Waals surface area contributed by atoms with Gasteiger partial charge < -0.3 is 15.7 Å². The molecule has 3 N–H and O–H groups in total. The first-order chi connectivity index (χ1) is 9.43. The van der Waals surface area contributed by atoms with Gasteiger partial charge in [-0.25, -0.2) is 4.79 Å². The Morgan fingerprint density at radius 1 is 1.35 bits per heavy atom. The number of rotatable bonds is 6. The second-order valence-electron chi connectivity index (χ2n) is 4.06. The topological polar surface area (TPSA) is 95.5 Å². The Kier molecular flexibility index (Phi) is 6.17. The van der Waals surface area contributed by atoms with E-state index in [0.717, 1.165) is 4.47 Å². The van der Waals surface area contributed by atoms with Gasteiger partial charge in [-0.2, -0.15) is 0 Å². The van der Waals surface area contributed by atoms with Crippen LogP contribution in [0.1, 0.15) is 23.7 Å². The minimum Gasteiger partial charge on any atom is -0.480 e. The van der Waals surface area contributed by atoms with Crippen LogP contribution in [-0.4, -0.2) is 35.5 Å². The lowest BCUT2D eigenvalue weighted by molar-refractivity contribution is -0.141. The number of carbonyl (C=O) groups excluding carboxylic acids is 2. The Morgan fingerprint density at radius 2 is 2.05 bits per heavy atom. The summed E-state index contributed by atoms with van der Waals surface area (Å²) in [4.78, 5) is 34.0. The molecule has 0 unspecified atom stereocenters. The summed E-state index contributed by atoms with van der Waals surface area (Å²) in [6.45, 7) is 1.38. The molecule has 0 fully saturated rings. The summed E-state index contributed by atoms with van der Waals surface area (Å²) in [6.07, 6.45) is 0.278. The molecule has 0 heterocycles. The third-order valence-corrected chi connectivity index (χ3v) is 3.03. The van der Waals surface area contributed by atoms with Gasteiger partial charge in [0.2, 0.25) is 5.91 Å². The summed E-state index contributed by atoms with van der Waals surface area (Å²) in [6, 6.07) is 5.78. The first-order valence-corrected chi connectivity index (χ1v) is 6.79. The van der Waals surface area contributed by atoms with Crippen LogP contribution in [0.5, 0.6) is 0 Å². The van der Waals surface area contributed by atoms with Gasteiger partial charge in [-0.15, -0.1) is 0 Å². The molecule has 1 atom stereocenters. The van der Waals surface area contributed by atoms with Crippen molar-refractivity contribution in [2.75, 3.05) is 6.54 Å². The highest BCUT2D eigenvalue weighted by Gasteiger charge is 2.17. The minimum atomic E-state index is -1.10. The number of hydrogen-bond acceptors (Lipinski definition) is 3. The van der Waals surface area contributed by atoms with Gasteiger partial charge in [0.25, 0.3) is 5.91 Å². The highest BCUT2D eigenvalue weighted by molar-refractivity contribution is 9.10. The van der Waals surface area contributed by atoms with Crippen LogP contribution in [0, 0.1) is 0 Å². The van der Waals surface area contributed by atoms with Crippen molar-refractivity contribution < 1.29 is 19.5 Å². The summed E-state index contributed by atoms with van der Waals surface area (Å²) >= 11 is 3.24. The van der Waals surface area contributed by atoms with Gasteiger partial charge in [-0.3, -0.25) is 9.59 Å². The molecule has 0 aromatic heterocycles. The predicted octanol–water partition coefficient (Wildman–Crippen LogP) is 1.16. The van der Waals surface area contributed by atoms with Crippen molar-refractivity contribution >= 4 is 33.7 Å². The molecule has 2 amide bonds. The molecular weight excluding hydrogens is 328 g/mol. The second kappa shape index (κ2) is 7.64. The smallest absolute Gasteiger partial charge is 0.326 e. The summed E-state index contributed by atoms with van der Waals surface area (Å²) < 4.78 is 0.756. The number of carboxylic acid groups (broad SMARTS) is 1. The molecule has 1 aromatic carbocycles. The summed E-state index contributed by atoms with van der Waals surface area (Å²) in [7, 11) is 0. The van der Waals surface area contributed by atoms with Crippen LogP contribution in [0.4, 0.5) is 0 Å². The SMILES string of the molecule is CC[C@@H](NC(=O)CNC(=O)c1cccc(Br)c1)C(=O)O. The number of carboxylic acids is 1. The highest BCUT2D eigenvalue weighted by atomic mass is 79.9. The molecule has 0 aliphatic carbocycles. The Hall–Kier alpha value is -1.89. The zero-order valence-electron chi connectivity index (χ0n) is 10.9. The first-order valence-electron chi connectivity index (χ1n) is 6.00. The van der Waals surface area contributed by atoms with Crippen molar-refractivity contribution in [3.63, 3.8) is 0 Å². The van der Waals surface area contributed by atoms with Gasteiger partial charge in [-0.05, 0) is 24.6 Å². The summed E-state index contributed by atoms with van der Waals surface area (Å²) in [5.74, 6) is -2.04. The van der Waals surface area contributed by atoms with Crippen LogP contribution in [0.15, 0.2) is 28.7 Å². The van der Waals surface area contributed by atoms with Gasteiger partial charge in [0, 0.05) is 10.0 Å². The van der Waals surface area contributed by atoms with Crippen molar-refractivity contribution in [3.8, 4) is 0 Å². The van der Waals surface area contributed by atoms with E-state index in [9.17, 15) is 14.4 Å². The van der Waals surface area contributed by atoms with Crippen LogP contribution < -0.4 is 10.6 Å². The quantitative estimate of drug-likeness (QED) is 0.722. The van der Waals surface area contributed by atoms with Crippen LogP contribution in [0.25, 0.3) is 0 Å². The van der Waals surface area contributed by atoms with Crippen molar-refractivity contribution in [1.82, 2.24) is 10.6 Å². The summed E-state index contributed by atoms with van der Waals surface area (Å²) in [5, 5.41) is 13.6. The normalized spacial score (nSPS) is 11.5. The van der Waals surface area contributed by atoms with Crippen LogP contribution in [0.3, 0.4) is 0 Å². The number of carbonyl (C=O) groups is 3. The predicted molar refractivity (Wildman–Crippen MR) is 76.3 cm³/mol. The zero-order chi connectivity index (χ0) is 15.1. The van der Waals surface area contributed by atoms with E-state index in [-0.39, 0.29) is 13.0 Å². The van der Waals surface area contributed by atoms with Gasteiger partial charge in [-0.1, -0.05) is 28.9 Å². The highest BCUT2D eigenvalue weighted by Crippen LogP contribution is 2.11. The molecule has 0 radical (unpaired) electrons. The lowest BCUT2D eigenvalue weighted by atomic mass is 10.2. The molecule has 6 nitrogen and oxygen atoms in total. The van der Waals surface area contributed by atoms with Crippen LogP contribution in [-0.2, 0) is 9.59 Å². The summed E-state index contributed by atoms with van der Waals surface area (Å²) in [5.41, 5.74) is 0.414. The maximum absolute atomic E-state index is 11.8. The monoisotopic (exact) mass is 342 g/mol. The van der Waals surface area contributed by atoms with Gasteiger partial charge in [0.15, 0.2) is 0 Å². The first kappa shape index (κ1) is 16.2. The Morgan fingerprint density at radius 3 is 2.60 bits per heavy atom. The molecule has 0 aliphatic rings. The molecule has 0 bridgehead atoms. The lowest BCUT2D eigenvalue weighted by Gasteiger charge is -2.12. The standard InChI is InChI=1S/C13H15BrN2O4/c1-2-10(13(19)20)16-11(17)7-15-12(18)8-4-3-5-9(14)6-8/h3-6,10H,2,7H2,1H3,(H,15,18)(H,16,17)(H,19,20)/t10-/m1/s1. The zero-order valence-corrected chi connectivity index (χ0v) is 12.4. The molecular formula is C13H15BrN2O4. The van der Waals surface area contributed by atoms with Gasteiger partial charge in [0.1, 0.15) is 6.04 Å². The lowest BCUT2D eigenvalue weighted by Crippen LogP contribution is -2.45. The number of aliphatic carboxylic acids is 1. The largest absolute Gasteiger partial charge is 0.480 e. The number of nitrogens with one attached hydrogen (secondary N) is 2. The number of hydrogen-bond donors (Lipinski definition) is 3. The van der Waals surface area contributed by atoms with Gasteiger partial charge in [0.05, 0.1) is 6.54 Å². The number of benzene rings is 1. The molecule has 0 aliphatic heterocycles. The molecule has 1 rings (SSSR count).